The second-order valence-electron chi connectivity index (χ2n) is 6.45. The van der Waals surface area contributed by atoms with Gasteiger partial charge in [-0.2, -0.15) is 0 Å². The first-order chi connectivity index (χ1) is 10.3. The van der Waals surface area contributed by atoms with Crippen LogP contribution in [0, 0.1) is 0 Å². The van der Waals surface area contributed by atoms with E-state index in [1.807, 2.05) is 0 Å². The number of rotatable bonds is 6. The topological polar surface area (TPSA) is 38.5 Å². The van der Waals surface area contributed by atoms with Gasteiger partial charge in [0.2, 0.25) is 0 Å². The first-order valence-corrected chi connectivity index (χ1v) is 8.50. The van der Waals surface area contributed by atoms with Crippen molar-refractivity contribution in [2.24, 2.45) is 5.73 Å². The van der Waals surface area contributed by atoms with Crippen LogP contribution in [0.4, 0.5) is 0 Å². The quantitative estimate of drug-likeness (QED) is 0.817. The fraction of sp³-hybridized carbons (Fsp3) is 0.667. The number of hydrogen-bond donors (Lipinski definition) is 1. The lowest BCUT2D eigenvalue weighted by Gasteiger charge is -2.32. The third kappa shape index (κ3) is 4.06. The summed E-state index contributed by atoms with van der Waals surface area (Å²) in [7, 11) is 0. The summed E-state index contributed by atoms with van der Waals surface area (Å²) in [6.45, 7) is 4.97. The van der Waals surface area contributed by atoms with Crippen molar-refractivity contribution in [1.82, 2.24) is 4.90 Å². The minimum Gasteiger partial charge on any atom is -0.378 e. The van der Waals surface area contributed by atoms with E-state index < -0.39 is 0 Å². The van der Waals surface area contributed by atoms with Crippen molar-refractivity contribution in [3.8, 4) is 0 Å². The van der Waals surface area contributed by atoms with Crippen molar-refractivity contribution in [1.29, 1.82) is 0 Å². The molecule has 1 aliphatic carbocycles. The smallest absolute Gasteiger partial charge is 0.0599 e. The molecule has 3 heteroatoms. The minimum absolute atomic E-state index is 0.452. The molecule has 0 unspecified atom stereocenters. The van der Waals surface area contributed by atoms with Crippen LogP contribution in [0.3, 0.4) is 0 Å². The fourth-order valence-electron chi connectivity index (χ4n) is 3.55. The molecule has 3 nitrogen and oxygen atoms in total. The summed E-state index contributed by atoms with van der Waals surface area (Å²) in [5.41, 5.74) is 10.2. The molecule has 21 heavy (non-hydrogen) atoms. The Labute approximate surface area is 128 Å². The van der Waals surface area contributed by atoms with Crippen LogP contribution in [-0.2, 0) is 24.1 Å². The molecular weight excluding hydrogens is 260 g/mol. The zero-order valence-corrected chi connectivity index (χ0v) is 13.0. The van der Waals surface area contributed by atoms with Crippen molar-refractivity contribution in [3.05, 3.63) is 34.9 Å². The summed E-state index contributed by atoms with van der Waals surface area (Å²) in [5, 5.41) is 0. The van der Waals surface area contributed by atoms with Gasteiger partial charge in [-0.25, -0.2) is 0 Å². The van der Waals surface area contributed by atoms with Crippen molar-refractivity contribution in [2.75, 3.05) is 26.2 Å². The Morgan fingerprint density at radius 3 is 2.76 bits per heavy atom. The lowest BCUT2D eigenvalue weighted by atomic mass is 10.0. The van der Waals surface area contributed by atoms with Gasteiger partial charge in [-0.05, 0) is 61.8 Å². The van der Waals surface area contributed by atoms with Crippen LogP contribution in [0.2, 0.25) is 0 Å². The molecule has 3 rings (SSSR count). The van der Waals surface area contributed by atoms with E-state index in [-0.39, 0.29) is 0 Å². The van der Waals surface area contributed by atoms with E-state index in [1.54, 1.807) is 11.1 Å². The second kappa shape index (κ2) is 7.39. The molecule has 0 bridgehead atoms. The number of benzene rings is 1. The summed E-state index contributed by atoms with van der Waals surface area (Å²) < 4.78 is 5.88. The molecule has 0 amide bonds. The molecule has 0 spiro atoms. The van der Waals surface area contributed by atoms with Gasteiger partial charge in [-0.3, -0.25) is 4.90 Å². The van der Waals surface area contributed by atoms with E-state index in [9.17, 15) is 0 Å². The molecular formula is C18H28N2O. The Bertz CT molecular complexity index is 453. The van der Waals surface area contributed by atoms with Gasteiger partial charge in [-0.1, -0.05) is 18.2 Å². The molecule has 0 radical (unpaired) electrons. The Morgan fingerprint density at radius 1 is 1.14 bits per heavy atom. The lowest BCUT2D eigenvalue weighted by molar-refractivity contribution is 0.00563. The Balaban J connectivity index is 1.45. The number of ether oxygens (including phenoxy) is 1. The number of likely N-dealkylation sites (tertiary alicyclic amines) is 1. The predicted molar refractivity (Wildman–Crippen MR) is 86.4 cm³/mol. The molecule has 0 saturated carbocycles. The summed E-state index contributed by atoms with van der Waals surface area (Å²) in [6, 6.07) is 7.11. The first kappa shape index (κ1) is 15.0. The highest BCUT2D eigenvalue weighted by atomic mass is 16.5. The van der Waals surface area contributed by atoms with Crippen LogP contribution in [0.15, 0.2) is 18.2 Å². The molecule has 0 atom stereocenters. The summed E-state index contributed by atoms with van der Waals surface area (Å²) in [6.07, 6.45) is 7.65. The van der Waals surface area contributed by atoms with E-state index in [0.717, 1.165) is 52.0 Å². The number of aryl methyl sites for hydroxylation is 2. The maximum atomic E-state index is 5.88. The number of nitrogens with zero attached hydrogens (tertiary/aromatic N) is 1. The molecule has 1 fully saturated rings. The fourth-order valence-corrected chi connectivity index (χ4v) is 3.55. The van der Waals surface area contributed by atoms with Crippen LogP contribution >= 0.6 is 0 Å². The van der Waals surface area contributed by atoms with E-state index in [4.69, 9.17) is 10.5 Å². The average Bonchev–Trinajstić information content (AvgIpc) is 2.97. The van der Waals surface area contributed by atoms with Gasteiger partial charge < -0.3 is 10.5 Å². The van der Waals surface area contributed by atoms with Crippen LogP contribution in [0.1, 0.15) is 42.4 Å². The average molecular weight is 288 g/mol. The number of hydrogen-bond acceptors (Lipinski definition) is 3. The van der Waals surface area contributed by atoms with Gasteiger partial charge in [-0.15, -0.1) is 0 Å². The molecule has 1 heterocycles. The maximum Gasteiger partial charge on any atom is 0.0599 e. The highest BCUT2D eigenvalue weighted by molar-refractivity contribution is 5.35. The highest BCUT2D eigenvalue weighted by Crippen LogP contribution is 2.24. The largest absolute Gasteiger partial charge is 0.378 e. The molecule has 1 aromatic carbocycles. The van der Waals surface area contributed by atoms with Crippen molar-refractivity contribution in [3.63, 3.8) is 0 Å². The normalized spacial score (nSPS) is 19.9. The Morgan fingerprint density at radius 2 is 1.95 bits per heavy atom. The van der Waals surface area contributed by atoms with Crippen LogP contribution in [0.5, 0.6) is 0 Å². The van der Waals surface area contributed by atoms with E-state index in [2.05, 4.69) is 23.1 Å². The molecule has 116 valence electrons. The number of fused-ring (bicyclic) bond motifs is 1. The van der Waals surface area contributed by atoms with Crippen molar-refractivity contribution >= 4 is 0 Å². The SMILES string of the molecule is NCCCOC1CCN(Cc2ccc3c(c2)CCC3)CC1. The second-order valence-corrected chi connectivity index (χ2v) is 6.45. The number of nitrogens with two attached hydrogens (primary N) is 1. The van der Waals surface area contributed by atoms with Crippen LogP contribution in [0.25, 0.3) is 0 Å². The van der Waals surface area contributed by atoms with Gasteiger partial charge in [0.1, 0.15) is 0 Å². The molecule has 2 aliphatic rings. The molecule has 1 saturated heterocycles. The Kier molecular flexibility index (Phi) is 5.28. The molecule has 1 aromatic rings. The maximum absolute atomic E-state index is 5.88. The first-order valence-electron chi connectivity index (χ1n) is 8.50. The third-order valence-corrected chi connectivity index (χ3v) is 4.81. The van der Waals surface area contributed by atoms with Crippen LogP contribution < -0.4 is 5.73 Å². The van der Waals surface area contributed by atoms with Crippen LogP contribution in [-0.4, -0.2) is 37.2 Å². The molecule has 0 aromatic heterocycles. The highest BCUT2D eigenvalue weighted by Gasteiger charge is 2.20. The van der Waals surface area contributed by atoms with E-state index >= 15 is 0 Å². The lowest BCUT2D eigenvalue weighted by Crippen LogP contribution is -2.36. The van der Waals surface area contributed by atoms with Gasteiger partial charge in [0.25, 0.3) is 0 Å². The monoisotopic (exact) mass is 288 g/mol. The molecule has 2 N–H and O–H groups in total. The molecule has 1 aliphatic heterocycles. The van der Waals surface area contributed by atoms with E-state index in [1.165, 1.54) is 24.8 Å². The number of piperidine rings is 1. The summed E-state index contributed by atoms with van der Waals surface area (Å²) >= 11 is 0. The summed E-state index contributed by atoms with van der Waals surface area (Å²) in [5.74, 6) is 0. The Hall–Kier alpha value is -0.900. The van der Waals surface area contributed by atoms with Crippen molar-refractivity contribution in [2.45, 2.75) is 51.2 Å². The van der Waals surface area contributed by atoms with Crippen molar-refractivity contribution < 1.29 is 4.74 Å². The van der Waals surface area contributed by atoms with Gasteiger partial charge >= 0.3 is 0 Å². The standard InChI is InChI=1S/C18H28N2O/c19-9-2-12-21-18-7-10-20(11-8-18)14-15-5-6-16-3-1-4-17(16)13-15/h5-6,13,18H,1-4,7-12,14,19H2. The van der Waals surface area contributed by atoms with Gasteiger partial charge in [0.05, 0.1) is 6.10 Å². The summed E-state index contributed by atoms with van der Waals surface area (Å²) in [4.78, 5) is 2.57. The van der Waals surface area contributed by atoms with Gasteiger partial charge in [0.15, 0.2) is 0 Å². The third-order valence-electron chi connectivity index (χ3n) is 4.81. The zero-order valence-electron chi connectivity index (χ0n) is 13.0. The minimum atomic E-state index is 0.452. The van der Waals surface area contributed by atoms with E-state index in [0.29, 0.717) is 6.10 Å². The predicted octanol–water partition coefficient (Wildman–Crippen LogP) is 2.51. The zero-order chi connectivity index (χ0) is 14.5. The van der Waals surface area contributed by atoms with Gasteiger partial charge in [0, 0.05) is 26.2 Å².